The molecule has 0 aromatic rings. The SMILES string of the molecule is CC/C=C\C/C=C\C/C=C\C/C=C\C/C=C\CCCC(=O)OC(/C=C/CCCCCCCCCCCCC)C(COP(=O)(O)OCC[N+](C)(C)C)NC(=O)CCCCCCCC/C=C/C=C/CCCCC. The molecule has 10 heteroatoms. The van der Waals surface area contributed by atoms with Crippen molar-refractivity contribution in [2.45, 2.75) is 238 Å². The quantitative estimate of drug-likeness (QED) is 0.0156. The predicted octanol–water partition coefficient (Wildman–Crippen LogP) is 17.2. The average Bonchev–Trinajstić information content (AvgIpc) is 3.33. The fraction of sp³-hybridized carbons (Fsp3) is 0.705. The lowest BCUT2D eigenvalue weighted by Gasteiger charge is -2.27. The summed E-state index contributed by atoms with van der Waals surface area (Å²) < 4.78 is 30.6. The van der Waals surface area contributed by atoms with Gasteiger partial charge in [-0.3, -0.25) is 18.6 Å². The molecule has 71 heavy (non-hydrogen) atoms. The largest absolute Gasteiger partial charge is 0.472 e. The third-order valence-corrected chi connectivity index (χ3v) is 13.0. The van der Waals surface area contributed by atoms with Crippen molar-refractivity contribution in [3.8, 4) is 0 Å². The van der Waals surface area contributed by atoms with Gasteiger partial charge in [-0.1, -0.05) is 215 Å². The molecule has 3 atom stereocenters. The first-order valence-electron chi connectivity index (χ1n) is 28.6. The number of hydrogen-bond acceptors (Lipinski definition) is 6. The summed E-state index contributed by atoms with van der Waals surface area (Å²) in [6, 6.07) is -0.882. The molecule has 0 saturated carbocycles. The van der Waals surface area contributed by atoms with E-state index in [9.17, 15) is 19.0 Å². The van der Waals surface area contributed by atoms with Crippen LogP contribution in [-0.2, 0) is 27.9 Å². The van der Waals surface area contributed by atoms with E-state index in [2.05, 4.69) is 111 Å². The maximum atomic E-state index is 13.5. The zero-order valence-corrected chi connectivity index (χ0v) is 47.3. The standard InChI is InChI=1S/C61H107N2O7P/c1-7-10-13-16-19-22-25-28-30-31-33-36-39-42-45-48-51-54-61(65)70-59(52-49-46-43-40-37-34-27-24-21-18-15-12-9-3)58(57-69-71(66,67)68-56-55-63(4,5)6)62-60(64)53-50-47-44-41-38-35-32-29-26-23-20-17-14-11-8-2/h10,13,19-20,22-23,26,28-30,33,36,42,45,49,52,58-59H,7-9,11-12,14-18,21,24-25,27,31-32,34-35,37-41,43-44,46-48,50-51,53-57H2,1-6H3,(H-,62,64,66,67)/p+1/b13-10-,22-19-,23-20+,29-26+,30-28-,36-33-,45-42-,52-49+. The molecule has 0 spiro atoms. The molecule has 0 fully saturated rings. The van der Waals surface area contributed by atoms with E-state index >= 15 is 0 Å². The molecule has 0 aliphatic carbocycles. The van der Waals surface area contributed by atoms with Crippen LogP contribution in [0.1, 0.15) is 226 Å². The Bertz CT molecular complexity index is 1540. The number of rotatable bonds is 50. The van der Waals surface area contributed by atoms with Crippen molar-refractivity contribution >= 4 is 19.7 Å². The number of esters is 1. The number of nitrogens with one attached hydrogen (secondary N) is 1. The lowest BCUT2D eigenvalue weighted by atomic mass is 10.0. The number of carbonyl (C=O) groups excluding carboxylic acids is 2. The average molecular weight is 1010 g/mol. The third-order valence-electron chi connectivity index (χ3n) is 12.0. The molecule has 2 N–H and O–H groups in total. The minimum atomic E-state index is -4.47. The van der Waals surface area contributed by atoms with Crippen molar-refractivity contribution in [2.75, 3.05) is 40.9 Å². The Hall–Kier alpha value is -3.07. The van der Waals surface area contributed by atoms with E-state index in [1.54, 1.807) is 0 Å². The van der Waals surface area contributed by atoms with Gasteiger partial charge in [-0.25, -0.2) is 4.57 Å². The maximum absolute atomic E-state index is 13.5. The topological polar surface area (TPSA) is 111 Å². The van der Waals surface area contributed by atoms with Crippen LogP contribution in [0.15, 0.2) is 97.2 Å². The van der Waals surface area contributed by atoms with Crippen molar-refractivity contribution in [3.05, 3.63) is 97.2 Å². The Morgan fingerprint density at radius 2 is 0.958 bits per heavy atom. The van der Waals surface area contributed by atoms with E-state index in [0.29, 0.717) is 23.9 Å². The normalized spacial score (nSPS) is 14.5. The van der Waals surface area contributed by atoms with E-state index in [1.807, 2.05) is 33.3 Å². The van der Waals surface area contributed by atoms with Crippen molar-refractivity contribution in [1.29, 1.82) is 0 Å². The summed E-state index contributed by atoms with van der Waals surface area (Å²) in [7, 11) is 1.44. The molecule has 1 amide bonds. The second-order valence-corrected chi connectivity index (χ2v) is 21.6. The van der Waals surface area contributed by atoms with E-state index in [0.717, 1.165) is 109 Å². The molecule has 408 valence electrons. The minimum absolute atomic E-state index is 0.0245. The zero-order chi connectivity index (χ0) is 52.2. The molecule has 9 nitrogen and oxygen atoms in total. The molecule has 0 aromatic heterocycles. The summed E-state index contributed by atoms with van der Waals surface area (Å²) >= 11 is 0. The van der Waals surface area contributed by atoms with Gasteiger partial charge in [0, 0.05) is 12.8 Å². The fourth-order valence-electron chi connectivity index (χ4n) is 7.61. The van der Waals surface area contributed by atoms with Crippen LogP contribution in [0.5, 0.6) is 0 Å². The predicted molar refractivity (Wildman–Crippen MR) is 304 cm³/mol. The van der Waals surface area contributed by atoms with Gasteiger partial charge in [0.05, 0.1) is 33.8 Å². The van der Waals surface area contributed by atoms with E-state index in [-0.39, 0.29) is 31.5 Å². The maximum Gasteiger partial charge on any atom is 0.472 e. The number of ether oxygens (including phenoxy) is 1. The number of likely N-dealkylation sites (N-methyl/N-ethyl adjacent to an activating group) is 1. The van der Waals surface area contributed by atoms with Crippen LogP contribution < -0.4 is 5.32 Å². The second-order valence-electron chi connectivity index (χ2n) is 20.1. The molecule has 0 heterocycles. The number of allylic oxidation sites excluding steroid dienone is 15. The number of amides is 1. The molecule has 0 radical (unpaired) electrons. The highest BCUT2D eigenvalue weighted by Gasteiger charge is 2.30. The van der Waals surface area contributed by atoms with Gasteiger partial charge in [0.1, 0.15) is 19.3 Å². The highest BCUT2D eigenvalue weighted by molar-refractivity contribution is 7.47. The number of unbranched alkanes of at least 4 members (excludes halogenated alkanes) is 21. The van der Waals surface area contributed by atoms with Crippen LogP contribution in [-0.4, -0.2) is 74.3 Å². The van der Waals surface area contributed by atoms with Crippen LogP contribution in [0.2, 0.25) is 0 Å². The van der Waals surface area contributed by atoms with Crippen molar-refractivity contribution in [3.63, 3.8) is 0 Å². The Labute approximate surface area is 437 Å². The van der Waals surface area contributed by atoms with Gasteiger partial charge in [-0.05, 0) is 96.0 Å². The number of phosphoric acid groups is 1. The van der Waals surface area contributed by atoms with Crippen LogP contribution >= 0.6 is 7.82 Å². The molecule has 0 aliphatic heterocycles. The molecule has 0 aliphatic rings. The van der Waals surface area contributed by atoms with Gasteiger partial charge in [0.25, 0.3) is 0 Å². The summed E-state index contributed by atoms with van der Waals surface area (Å²) in [5.41, 5.74) is 0. The second kappa shape index (κ2) is 50.5. The fourth-order valence-corrected chi connectivity index (χ4v) is 8.35. The number of hydrogen-bond donors (Lipinski definition) is 2. The van der Waals surface area contributed by atoms with Crippen molar-refractivity contribution in [1.82, 2.24) is 5.32 Å². The van der Waals surface area contributed by atoms with Gasteiger partial charge < -0.3 is 19.4 Å². The Morgan fingerprint density at radius 3 is 1.48 bits per heavy atom. The lowest BCUT2D eigenvalue weighted by molar-refractivity contribution is -0.870. The molecule has 0 saturated heterocycles. The van der Waals surface area contributed by atoms with Crippen molar-refractivity contribution < 1.29 is 37.3 Å². The Morgan fingerprint density at radius 1 is 0.521 bits per heavy atom. The summed E-state index contributed by atoms with van der Waals surface area (Å²) in [5.74, 6) is -0.592. The summed E-state index contributed by atoms with van der Waals surface area (Å²) in [6.07, 6.45) is 66.9. The van der Waals surface area contributed by atoms with Gasteiger partial charge in [-0.2, -0.15) is 0 Å². The highest BCUT2D eigenvalue weighted by atomic mass is 31.2. The van der Waals surface area contributed by atoms with E-state index < -0.39 is 20.0 Å². The Balaban J connectivity index is 5.51. The van der Waals surface area contributed by atoms with E-state index in [1.165, 1.54) is 77.0 Å². The first-order valence-corrected chi connectivity index (χ1v) is 30.1. The smallest absolute Gasteiger partial charge is 0.456 e. The molecule has 3 unspecified atom stereocenters. The third kappa shape index (κ3) is 51.6. The molecule has 0 rings (SSSR count). The number of nitrogens with zero attached hydrogens (tertiary/aromatic N) is 1. The van der Waals surface area contributed by atoms with Gasteiger partial charge in [0.15, 0.2) is 0 Å². The molecular formula is C61H108N2O7P+. The molecular weight excluding hydrogens is 904 g/mol. The summed E-state index contributed by atoms with van der Waals surface area (Å²) in [5, 5.41) is 3.02. The summed E-state index contributed by atoms with van der Waals surface area (Å²) in [4.78, 5) is 37.6. The summed E-state index contributed by atoms with van der Waals surface area (Å²) in [6.45, 7) is 6.80. The lowest BCUT2D eigenvalue weighted by Crippen LogP contribution is -2.47. The zero-order valence-electron chi connectivity index (χ0n) is 46.4. The van der Waals surface area contributed by atoms with Crippen molar-refractivity contribution in [2.24, 2.45) is 0 Å². The number of quaternary nitrogens is 1. The first kappa shape index (κ1) is 67.9. The highest BCUT2D eigenvalue weighted by Crippen LogP contribution is 2.43. The van der Waals surface area contributed by atoms with Crippen LogP contribution in [0.4, 0.5) is 0 Å². The van der Waals surface area contributed by atoms with Gasteiger partial charge >= 0.3 is 13.8 Å². The van der Waals surface area contributed by atoms with E-state index in [4.69, 9.17) is 13.8 Å². The number of carbonyl (C=O) groups is 2. The molecule has 0 bridgehead atoms. The van der Waals surface area contributed by atoms with Gasteiger partial charge in [-0.15, -0.1) is 0 Å². The first-order chi connectivity index (χ1) is 34.4. The molecule has 0 aromatic carbocycles. The Kier molecular flexibility index (Phi) is 48.3. The van der Waals surface area contributed by atoms with Crippen LogP contribution in [0, 0.1) is 0 Å². The van der Waals surface area contributed by atoms with Crippen LogP contribution in [0.3, 0.4) is 0 Å². The van der Waals surface area contributed by atoms with Gasteiger partial charge in [0.2, 0.25) is 5.91 Å². The monoisotopic (exact) mass is 1010 g/mol. The number of phosphoric ester groups is 1. The van der Waals surface area contributed by atoms with Crippen LogP contribution in [0.25, 0.3) is 0 Å². The minimum Gasteiger partial charge on any atom is -0.456 e.